The van der Waals surface area contributed by atoms with Crippen LogP contribution in [-0.4, -0.2) is 10.4 Å². The minimum atomic E-state index is -0.140. The van der Waals surface area contributed by atoms with Gasteiger partial charge in [0.1, 0.15) is 0 Å². The van der Waals surface area contributed by atoms with Gasteiger partial charge < -0.3 is 14.9 Å². The first-order valence-electron chi connectivity index (χ1n) is 16.9. The van der Waals surface area contributed by atoms with Crippen molar-refractivity contribution in [1.29, 1.82) is 0 Å². The smallest absolute Gasteiger partial charge is 0.0622 e. The number of nitrogens with zero attached hydrogens (tertiary/aromatic N) is 3. The molecule has 0 fully saturated rings. The van der Waals surface area contributed by atoms with Crippen LogP contribution in [0.15, 0.2) is 132 Å². The number of aromatic nitrogens is 1. The van der Waals surface area contributed by atoms with Gasteiger partial charge in [0.25, 0.3) is 0 Å². The van der Waals surface area contributed by atoms with Crippen molar-refractivity contribution >= 4 is 66.9 Å². The Hall–Kier alpha value is -5.45. The highest BCUT2D eigenvalue weighted by molar-refractivity contribution is 7.18. The highest BCUT2D eigenvalue weighted by Gasteiger charge is 2.26. The van der Waals surface area contributed by atoms with E-state index in [0.717, 1.165) is 53.9 Å². The van der Waals surface area contributed by atoms with Crippen molar-refractivity contribution < 1.29 is 0 Å². The largest absolute Gasteiger partial charge is 0.454 e. The third-order valence-corrected chi connectivity index (χ3v) is 11.1. The van der Waals surface area contributed by atoms with Gasteiger partial charge in [-0.1, -0.05) is 115 Å². The van der Waals surface area contributed by atoms with Crippen LogP contribution in [0.2, 0.25) is 0 Å². The Bertz CT molecular complexity index is 2510. The van der Waals surface area contributed by atoms with Crippen LogP contribution in [0.5, 0.6) is 0 Å². The number of amidine groups is 1. The number of rotatable bonds is 4. The van der Waals surface area contributed by atoms with Crippen LogP contribution in [0.4, 0.5) is 0 Å². The van der Waals surface area contributed by atoms with Crippen LogP contribution in [0.3, 0.4) is 0 Å². The lowest BCUT2D eigenvalue weighted by Crippen LogP contribution is -2.10. The second-order valence-corrected chi connectivity index (χ2v) is 13.8. The molecule has 5 aromatic carbocycles. The van der Waals surface area contributed by atoms with Gasteiger partial charge in [0, 0.05) is 32.8 Å². The van der Waals surface area contributed by atoms with Gasteiger partial charge >= 0.3 is 0 Å². The Balaban J connectivity index is 1.16. The predicted molar refractivity (Wildman–Crippen MR) is 204 cm³/mol. The van der Waals surface area contributed by atoms with Crippen LogP contribution in [-0.2, 0) is 12.8 Å². The molecule has 0 spiro atoms. The quantitative estimate of drug-likeness (QED) is 0.184. The molecular formula is C44H32N3S-. The number of fused-ring (bicyclic) bond motifs is 10. The molecule has 2 aliphatic carbocycles. The number of thiophene rings is 1. The molecule has 3 heterocycles. The summed E-state index contributed by atoms with van der Waals surface area (Å²) < 4.78 is 3.91. The van der Waals surface area contributed by atoms with Gasteiger partial charge in [-0.3, -0.25) is 0 Å². The summed E-state index contributed by atoms with van der Waals surface area (Å²) in [5.74, 6) is 0.768. The average molecular weight is 635 g/mol. The van der Waals surface area contributed by atoms with Crippen molar-refractivity contribution in [2.75, 3.05) is 0 Å². The number of allylic oxidation sites excluding steroid dienone is 2. The standard InChI is InChI=1S/C44H32N3S/c1-3-11-28(12-4-1)37-27-38(46-44(45-37)31-13-5-2-6-14-31)29-19-22-32(23-20-29)47-39-24-21-30-25-26-48-43(30)41(39)40-35-17-9-7-15-33(35)34-16-8-10-18-36(34)42(40)47/h1-6,9-14,17-27,38H,7-8,15-16H2/q-1. The van der Waals surface area contributed by atoms with E-state index in [2.05, 4.69) is 119 Å². The van der Waals surface area contributed by atoms with Gasteiger partial charge in [0.2, 0.25) is 0 Å². The molecule has 1 aliphatic heterocycles. The summed E-state index contributed by atoms with van der Waals surface area (Å²) in [5.41, 5.74) is 13.9. The summed E-state index contributed by atoms with van der Waals surface area (Å²) in [6.07, 6.45) is 16.2. The SMILES string of the molecule is C1=Cc2c(c3c(c4c2c2c5sccc5ccc2n4-c2ccc(C4C=C(c5ccccc5)N=C(c5ccccc5)[N-]4)cc2)C=CCC3)CC1. The molecular weight excluding hydrogens is 603 g/mol. The van der Waals surface area contributed by atoms with Gasteiger partial charge in [-0.25, -0.2) is 0 Å². The minimum Gasteiger partial charge on any atom is -0.454 e. The molecule has 0 N–H and O–H groups in total. The van der Waals surface area contributed by atoms with E-state index in [1.165, 1.54) is 48.7 Å². The fraction of sp³-hybridized carbons (Fsp3) is 0.114. The zero-order chi connectivity index (χ0) is 31.6. The zero-order valence-electron chi connectivity index (χ0n) is 26.4. The maximum Gasteiger partial charge on any atom is 0.0622 e. The molecule has 1 unspecified atom stereocenters. The summed E-state index contributed by atoms with van der Waals surface area (Å²) in [6.45, 7) is 0. The summed E-state index contributed by atoms with van der Waals surface area (Å²) >= 11 is 1.86. The second-order valence-electron chi connectivity index (χ2n) is 12.9. The van der Waals surface area contributed by atoms with Crippen molar-refractivity contribution in [3.05, 3.63) is 171 Å². The molecule has 0 radical (unpaired) electrons. The first kappa shape index (κ1) is 27.6. The van der Waals surface area contributed by atoms with Crippen molar-refractivity contribution in [3.8, 4) is 5.69 Å². The summed E-state index contributed by atoms with van der Waals surface area (Å²) in [4.78, 5) is 5.02. The Kier molecular flexibility index (Phi) is 6.38. The van der Waals surface area contributed by atoms with E-state index in [0.29, 0.717) is 0 Å². The maximum absolute atomic E-state index is 5.18. The lowest BCUT2D eigenvalue weighted by atomic mass is 9.82. The lowest BCUT2D eigenvalue weighted by molar-refractivity contribution is 0.909. The van der Waals surface area contributed by atoms with Crippen molar-refractivity contribution in [2.24, 2.45) is 4.99 Å². The average Bonchev–Trinajstić information content (AvgIpc) is 3.79. The first-order valence-corrected chi connectivity index (χ1v) is 17.8. The van der Waals surface area contributed by atoms with E-state index >= 15 is 0 Å². The van der Waals surface area contributed by atoms with E-state index in [1.54, 1.807) is 11.1 Å². The number of benzene rings is 5. The monoisotopic (exact) mass is 634 g/mol. The summed E-state index contributed by atoms with van der Waals surface area (Å²) in [5, 5.41) is 11.5. The molecule has 1 atom stereocenters. The molecule has 10 rings (SSSR count). The Morgan fingerprint density at radius 2 is 1.40 bits per heavy atom. The molecule has 48 heavy (non-hydrogen) atoms. The molecule has 0 saturated heterocycles. The molecule has 0 saturated carbocycles. The van der Waals surface area contributed by atoms with E-state index in [9.17, 15) is 0 Å². The molecule has 230 valence electrons. The molecule has 0 amide bonds. The van der Waals surface area contributed by atoms with Gasteiger partial charge in [-0.15, -0.1) is 11.3 Å². The normalized spacial score (nSPS) is 16.9. The highest BCUT2D eigenvalue weighted by Crippen LogP contribution is 2.47. The molecule has 0 bridgehead atoms. The Morgan fingerprint density at radius 1 is 0.688 bits per heavy atom. The van der Waals surface area contributed by atoms with Gasteiger partial charge in [0.05, 0.1) is 11.0 Å². The Morgan fingerprint density at radius 3 is 2.17 bits per heavy atom. The third kappa shape index (κ3) is 4.29. The van der Waals surface area contributed by atoms with Crippen LogP contribution in [0.1, 0.15) is 57.8 Å². The first-order chi connectivity index (χ1) is 23.8. The maximum atomic E-state index is 5.18. The van der Waals surface area contributed by atoms with Gasteiger partial charge in [-0.05, 0) is 99.8 Å². The molecule has 2 aromatic heterocycles. The summed E-state index contributed by atoms with van der Waals surface area (Å²) in [6, 6.07) is 36.6. The van der Waals surface area contributed by atoms with E-state index in [4.69, 9.17) is 10.3 Å². The van der Waals surface area contributed by atoms with Crippen molar-refractivity contribution in [1.82, 2.24) is 4.57 Å². The van der Waals surface area contributed by atoms with Crippen molar-refractivity contribution in [3.63, 3.8) is 0 Å². The van der Waals surface area contributed by atoms with Crippen LogP contribution in [0.25, 0.3) is 60.7 Å². The second kappa shape index (κ2) is 11.1. The van der Waals surface area contributed by atoms with Gasteiger partial charge in [0.15, 0.2) is 0 Å². The van der Waals surface area contributed by atoms with E-state index < -0.39 is 0 Å². The topological polar surface area (TPSA) is 31.4 Å². The number of hydrogen-bond donors (Lipinski definition) is 0. The van der Waals surface area contributed by atoms with Crippen molar-refractivity contribution in [2.45, 2.75) is 31.7 Å². The number of hydrogen-bond acceptors (Lipinski definition) is 2. The predicted octanol–water partition coefficient (Wildman–Crippen LogP) is 11.8. The van der Waals surface area contributed by atoms with Crippen LogP contribution in [0, 0.1) is 0 Å². The Labute approximate surface area is 283 Å². The minimum absolute atomic E-state index is 0.140. The lowest BCUT2D eigenvalue weighted by Gasteiger charge is -2.33. The van der Waals surface area contributed by atoms with E-state index in [1.807, 2.05) is 35.6 Å². The van der Waals surface area contributed by atoms with Gasteiger partial charge in [-0.2, -0.15) is 0 Å². The molecule has 4 heteroatoms. The number of aliphatic imine (C=N–C) groups is 1. The molecule has 3 nitrogen and oxygen atoms in total. The zero-order valence-corrected chi connectivity index (χ0v) is 27.3. The van der Waals surface area contributed by atoms with E-state index in [-0.39, 0.29) is 6.04 Å². The van der Waals surface area contributed by atoms with Crippen LogP contribution < -0.4 is 0 Å². The fourth-order valence-electron chi connectivity index (χ4n) is 7.98. The van der Waals surface area contributed by atoms with Crippen LogP contribution >= 0.6 is 11.3 Å². The summed E-state index contributed by atoms with van der Waals surface area (Å²) in [7, 11) is 0. The molecule has 3 aliphatic rings. The fourth-order valence-corrected chi connectivity index (χ4v) is 8.93. The highest BCUT2D eigenvalue weighted by atomic mass is 32.1. The third-order valence-electron chi connectivity index (χ3n) is 10.2. The molecule has 7 aromatic rings.